The van der Waals surface area contributed by atoms with Crippen LogP contribution in [0.5, 0.6) is 17.2 Å². The Hall–Kier alpha value is -1.82. The number of ether oxygens (including phenoxy) is 4. The van der Waals surface area contributed by atoms with Gasteiger partial charge in [-0.05, 0) is 107 Å². The Morgan fingerprint density at radius 3 is 1.83 bits per heavy atom. The average Bonchev–Trinajstić information content (AvgIpc) is 2.69. The molecule has 29 heavy (non-hydrogen) atoms. The van der Waals surface area contributed by atoms with Crippen LogP contribution >= 0.6 is 45.2 Å². The molecule has 0 heterocycles. The monoisotopic (exact) mass is 622 g/mol. The molecule has 0 fully saturated rings. The van der Waals surface area contributed by atoms with Crippen LogP contribution < -0.4 is 9.47 Å². The summed E-state index contributed by atoms with van der Waals surface area (Å²) in [5.74, 6) is 0.669. The molecular weight excluding hydrogens is 602 g/mol. The van der Waals surface area contributed by atoms with Crippen molar-refractivity contribution in [2.24, 2.45) is 0 Å². The van der Waals surface area contributed by atoms with E-state index in [4.69, 9.17) is 18.9 Å². The van der Waals surface area contributed by atoms with Crippen LogP contribution in [0.2, 0.25) is 0 Å². The van der Waals surface area contributed by atoms with E-state index >= 15 is 0 Å². The van der Waals surface area contributed by atoms with Crippen molar-refractivity contribution in [3.05, 3.63) is 54.7 Å². The average molecular weight is 622 g/mol. The number of rotatable bonds is 8. The summed E-state index contributed by atoms with van der Waals surface area (Å²) in [6, 6.07) is 10.9. The summed E-state index contributed by atoms with van der Waals surface area (Å²) < 4.78 is 22.8. The number of esters is 2. The van der Waals surface area contributed by atoms with Crippen molar-refractivity contribution >= 4 is 63.2 Å². The number of benzene rings is 2. The zero-order valence-electron chi connectivity index (χ0n) is 16.2. The molecule has 6 nitrogen and oxygen atoms in total. The molecule has 2 rings (SSSR count). The van der Waals surface area contributed by atoms with E-state index in [1.807, 2.05) is 36.4 Å². The quantitative estimate of drug-likeness (QED) is 0.133. The smallest absolute Gasteiger partial charge is 0.345 e. The second kappa shape index (κ2) is 11.4. The normalized spacial score (nSPS) is 10.1. The van der Waals surface area contributed by atoms with Gasteiger partial charge in [0, 0.05) is 0 Å². The minimum absolute atomic E-state index is 0.149. The van der Waals surface area contributed by atoms with Gasteiger partial charge in [0.2, 0.25) is 0 Å². The van der Waals surface area contributed by atoms with E-state index < -0.39 is 11.9 Å². The Labute approximate surface area is 196 Å². The number of carbonyl (C=O) groups excluding carboxylic acids is 2. The maximum Gasteiger partial charge on any atom is 0.345 e. The van der Waals surface area contributed by atoms with Crippen molar-refractivity contribution < 1.29 is 28.5 Å². The number of hydrogen-bond donors (Lipinski definition) is 0. The molecule has 0 N–H and O–H groups in total. The third kappa shape index (κ3) is 6.59. The maximum absolute atomic E-state index is 12.2. The molecule has 2 aromatic carbocycles. The molecule has 0 bridgehead atoms. The summed E-state index contributed by atoms with van der Waals surface area (Å²) in [7, 11) is 1.61. The fourth-order valence-electron chi connectivity index (χ4n) is 2.31. The van der Waals surface area contributed by atoms with Crippen LogP contribution in [-0.2, 0) is 19.1 Å². The lowest BCUT2D eigenvalue weighted by Gasteiger charge is -2.12. The lowest BCUT2D eigenvalue weighted by molar-refractivity contribution is -0.146. The van der Waals surface area contributed by atoms with E-state index in [-0.39, 0.29) is 18.8 Å². The lowest BCUT2D eigenvalue weighted by Crippen LogP contribution is -2.18. The zero-order valence-corrected chi connectivity index (χ0v) is 20.5. The molecule has 0 aliphatic rings. The first-order valence-corrected chi connectivity index (χ1v) is 10.9. The van der Waals surface area contributed by atoms with Crippen molar-refractivity contribution in [1.29, 1.82) is 0 Å². The van der Waals surface area contributed by atoms with Crippen LogP contribution in [0.15, 0.2) is 42.0 Å². The Balaban J connectivity index is 2.35. The highest BCUT2D eigenvalue weighted by molar-refractivity contribution is 14.1. The molecule has 0 amide bonds. The van der Waals surface area contributed by atoms with Crippen molar-refractivity contribution in [3.8, 4) is 17.2 Å². The van der Waals surface area contributed by atoms with Gasteiger partial charge in [-0.3, -0.25) is 0 Å². The molecule has 0 aliphatic heterocycles. The molecule has 0 spiro atoms. The second-order valence-corrected chi connectivity index (χ2v) is 7.91. The molecular formula is C21H20I2O6. The van der Waals surface area contributed by atoms with Crippen LogP contribution in [0.25, 0.3) is 6.08 Å². The third-order valence-corrected chi connectivity index (χ3v) is 5.20. The molecule has 0 saturated carbocycles. The van der Waals surface area contributed by atoms with E-state index in [0.717, 1.165) is 12.9 Å². The Morgan fingerprint density at radius 2 is 1.38 bits per heavy atom. The minimum Gasteiger partial charge on any atom is -0.497 e. The Kier molecular flexibility index (Phi) is 9.21. The van der Waals surface area contributed by atoms with Gasteiger partial charge in [-0.15, -0.1) is 0 Å². The van der Waals surface area contributed by atoms with Gasteiger partial charge in [0.25, 0.3) is 0 Å². The molecule has 8 heteroatoms. The fourth-order valence-corrected chi connectivity index (χ4v) is 4.34. The van der Waals surface area contributed by atoms with Gasteiger partial charge in [0.05, 0.1) is 27.5 Å². The van der Waals surface area contributed by atoms with Gasteiger partial charge in [-0.25, -0.2) is 9.59 Å². The van der Waals surface area contributed by atoms with Crippen LogP contribution in [0, 0.1) is 7.14 Å². The third-order valence-electron chi connectivity index (χ3n) is 3.60. The maximum atomic E-state index is 12.2. The van der Waals surface area contributed by atoms with Gasteiger partial charge in [-0.2, -0.15) is 0 Å². The lowest BCUT2D eigenvalue weighted by atomic mass is 10.1. The second-order valence-electron chi connectivity index (χ2n) is 5.59. The Bertz CT molecular complexity index is 863. The van der Waals surface area contributed by atoms with E-state index in [0.29, 0.717) is 17.1 Å². The summed E-state index contributed by atoms with van der Waals surface area (Å²) in [5.41, 5.74) is 0.515. The highest BCUT2D eigenvalue weighted by atomic mass is 127. The number of carbonyl (C=O) groups is 2. The molecule has 0 unspecified atom stereocenters. The van der Waals surface area contributed by atoms with Crippen molar-refractivity contribution in [3.63, 3.8) is 0 Å². The minimum atomic E-state index is -0.713. The first kappa shape index (κ1) is 23.5. The van der Waals surface area contributed by atoms with Gasteiger partial charge in [-0.1, -0.05) is 0 Å². The molecule has 0 atom stereocenters. The molecule has 2 aromatic rings. The number of hydrogen-bond acceptors (Lipinski definition) is 6. The first-order valence-electron chi connectivity index (χ1n) is 8.76. The predicted octanol–water partition coefficient (Wildman–Crippen LogP) is 5.21. The molecule has 0 aliphatic carbocycles. The Morgan fingerprint density at radius 1 is 0.897 bits per heavy atom. The van der Waals surface area contributed by atoms with Gasteiger partial charge >= 0.3 is 11.9 Å². The van der Waals surface area contributed by atoms with Gasteiger partial charge < -0.3 is 18.9 Å². The number of methoxy groups -OCH3 is 1. The van der Waals surface area contributed by atoms with Crippen LogP contribution in [-0.4, -0.2) is 32.3 Å². The van der Waals surface area contributed by atoms with Gasteiger partial charge in [0.1, 0.15) is 17.1 Å². The SMILES string of the molecule is CCOC(=O)C(=Cc1cc(I)c(Oc2ccc(OC)cc2)c(I)c1)C(=O)OCC. The first-order chi connectivity index (χ1) is 13.9. The molecule has 0 radical (unpaired) electrons. The largest absolute Gasteiger partial charge is 0.497 e. The summed E-state index contributed by atoms with van der Waals surface area (Å²) in [6.45, 7) is 3.69. The highest BCUT2D eigenvalue weighted by Gasteiger charge is 2.21. The summed E-state index contributed by atoms with van der Waals surface area (Å²) in [6.07, 6.45) is 1.47. The fraction of sp³-hybridized carbons (Fsp3) is 0.238. The summed E-state index contributed by atoms with van der Waals surface area (Å²) >= 11 is 4.30. The van der Waals surface area contributed by atoms with Crippen LogP contribution in [0.1, 0.15) is 19.4 Å². The van der Waals surface area contributed by atoms with Crippen molar-refractivity contribution in [2.75, 3.05) is 20.3 Å². The molecule has 0 aromatic heterocycles. The van der Waals surface area contributed by atoms with Crippen LogP contribution in [0.4, 0.5) is 0 Å². The highest BCUT2D eigenvalue weighted by Crippen LogP contribution is 2.34. The molecule has 0 saturated heterocycles. The van der Waals surface area contributed by atoms with E-state index in [1.54, 1.807) is 21.0 Å². The summed E-state index contributed by atoms with van der Waals surface area (Å²) in [4.78, 5) is 24.3. The zero-order chi connectivity index (χ0) is 21.4. The van der Waals surface area contributed by atoms with E-state index in [9.17, 15) is 9.59 Å². The number of halogens is 2. The topological polar surface area (TPSA) is 71.1 Å². The van der Waals surface area contributed by atoms with Crippen LogP contribution in [0.3, 0.4) is 0 Å². The predicted molar refractivity (Wildman–Crippen MR) is 126 cm³/mol. The van der Waals surface area contributed by atoms with Gasteiger partial charge in [0.15, 0.2) is 5.75 Å². The van der Waals surface area contributed by atoms with Crippen molar-refractivity contribution in [2.45, 2.75) is 13.8 Å². The standard InChI is InChI=1S/C21H20I2O6/c1-4-27-20(24)16(21(25)28-5-2)10-13-11-17(22)19(18(23)12-13)29-15-8-6-14(26-3)7-9-15/h6-12H,4-5H2,1-3H3. The summed E-state index contributed by atoms with van der Waals surface area (Å²) in [5, 5.41) is 0. The van der Waals surface area contributed by atoms with E-state index in [2.05, 4.69) is 45.2 Å². The van der Waals surface area contributed by atoms with E-state index in [1.165, 1.54) is 6.08 Å². The van der Waals surface area contributed by atoms with Crippen molar-refractivity contribution in [1.82, 2.24) is 0 Å². The molecule has 154 valence electrons.